The second kappa shape index (κ2) is 9.87. The van der Waals surface area contributed by atoms with E-state index in [0.717, 1.165) is 19.5 Å². The smallest absolute Gasteiger partial charge is 0.242 e. The number of hydrogen-bond acceptors (Lipinski definition) is 3. The minimum Gasteiger partial charge on any atom is -0.372 e. The normalized spacial score (nSPS) is 11.9. The molecule has 0 bridgehead atoms. The van der Waals surface area contributed by atoms with Gasteiger partial charge in [0.1, 0.15) is 6.04 Å². The van der Waals surface area contributed by atoms with Crippen molar-refractivity contribution in [3.63, 3.8) is 0 Å². The standard InChI is InChI=1S/C18H29N3O2/c1-5-21(16-10-7-6-8-11-16)13-9-12-19-18(23)17(14(2)3)20-15(4)22/h6-8,10-11,14,17H,5,9,12-13H2,1-4H3,(H,19,23)(H,20,22)/t17-/m0/s1. The van der Waals surface area contributed by atoms with Crippen LogP contribution in [0.1, 0.15) is 34.1 Å². The molecule has 0 aliphatic rings. The molecule has 1 atom stereocenters. The van der Waals surface area contributed by atoms with Crippen LogP contribution in [0.5, 0.6) is 0 Å². The Balaban J connectivity index is 2.40. The number of carbonyl (C=O) groups is 2. The third-order valence-electron chi connectivity index (χ3n) is 3.72. The van der Waals surface area contributed by atoms with E-state index in [1.807, 2.05) is 32.0 Å². The van der Waals surface area contributed by atoms with E-state index in [1.54, 1.807) is 0 Å². The molecular formula is C18H29N3O2. The van der Waals surface area contributed by atoms with Gasteiger partial charge in [-0.05, 0) is 31.4 Å². The molecule has 0 heterocycles. The molecule has 0 aliphatic heterocycles. The fourth-order valence-corrected chi connectivity index (χ4v) is 2.45. The van der Waals surface area contributed by atoms with Crippen LogP contribution in [-0.2, 0) is 9.59 Å². The van der Waals surface area contributed by atoms with Crippen molar-refractivity contribution < 1.29 is 9.59 Å². The van der Waals surface area contributed by atoms with Crippen molar-refractivity contribution in [1.82, 2.24) is 10.6 Å². The van der Waals surface area contributed by atoms with Crippen LogP contribution in [0.25, 0.3) is 0 Å². The lowest BCUT2D eigenvalue weighted by Crippen LogP contribution is -2.49. The van der Waals surface area contributed by atoms with Crippen LogP contribution in [0.15, 0.2) is 30.3 Å². The van der Waals surface area contributed by atoms with Crippen molar-refractivity contribution in [1.29, 1.82) is 0 Å². The number of carbonyl (C=O) groups excluding carboxylic acids is 2. The molecule has 5 heteroatoms. The summed E-state index contributed by atoms with van der Waals surface area (Å²) in [5.74, 6) is -0.228. The van der Waals surface area contributed by atoms with Crippen LogP contribution in [0.2, 0.25) is 0 Å². The lowest BCUT2D eigenvalue weighted by Gasteiger charge is -2.24. The highest BCUT2D eigenvalue weighted by Crippen LogP contribution is 2.12. The average Bonchev–Trinajstić information content (AvgIpc) is 2.53. The fraction of sp³-hybridized carbons (Fsp3) is 0.556. The molecule has 23 heavy (non-hydrogen) atoms. The van der Waals surface area contributed by atoms with Crippen molar-refractivity contribution in [2.24, 2.45) is 5.92 Å². The summed E-state index contributed by atoms with van der Waals surface area (Å²) in [5, 5.41) is 5.62. The number of hydrogen-bond donors (Lipinski definition) is 2. The summed E-state index contributed by atoms with van der Waals surface area (Å²) in [5.41, 5.74) is 1.19. The van der Waals surface area contributed by atoms with Crippen LogP contribution < -0.4 is 15.5 Å². The molecule has 0 aromatic heterocycles. The number of nitrogens with zero attached hydrogens (tertiary/aromatic N) is 1. The number of amides is 2. The predicted octanol–water partition coefficient (Wildman–Crippen LogP) is 2.18. The van der Waals surface area contributed by atoms with Gasteiger partial charge in [-0.25, -0.2) is 0 Å². The first kappa shape index (κ1) is 19.0. The molecule has 128 valence electrons. The molecule has 0 saturated carbocycles. The third-order valence-corrected chi connectivity index (χ3v) is 3.72. The van der Waals surface area contributed by atoms with Gasteiger partial charge in [-0.2, -0.15) is 0 Å². The summed E-state index contributed by atoms with van der Waals surface area (Å²) in [7, 11) is 0. The molecule has 0 radical (unpaired) electrons. The van der Waals surface area contributed by atoms with E-state index in [4.69, 9.17) is 0 Å². The van der Waals surface area contributed by atoms with E-state index >= 15 is 0 Å². The second-order valence-electron chi connectivity index (χ2n) is 5.98. The number of para-hydroxylation sites is 1. The summed E-state index contributed by atoms with van der Waals surface area (Å²) in [6.07, 6.45) is 0.860. The molecule has 2 amide bonds. The number of benzene rings is 1. The maximum absolute atomic E-state index is 12.2. The van der Waals surface area contributed by atoms with E-state index < -0.39 is 6.04 Å². The average molecular weight is 319 g/mol. The minimum atomic E-state index is -0.469. The van der Waals surface area contributed by atoms with Gasteiger partial charge in [-0.3, -0.25) is 9.59 Å². The van der Waals surface area contributed by atoms with Crippen LogP contribution in [0.3, 0.4) is 0 Å². The maximum atomic E-state index is 12.2. The van der Waals surface area contributed by atoms with Crippen LogP contribution in [0.4, 0.5) is 5.69 Å². The van der Waals surface area contributed by atoms with E-state index in [0.29, 0.717) is 6.54 Å². The lowest BCUT2D eigenvalue weighted by atomic mass is 10.0. The molecule has 5 nitrogen and oxygen atoms in total. The van der Waals surface area contributed by atoms with Crippen LogP contribution in [0, 0.1) is 5.92 Å². The molecule has 0 aliphatic carbocycles. The van der Waals surface area contributed by atoms with E-state index in [9.17, 15) is 9.59 Å². The summed E-state index contributed by atoms with van der Waals surface area (Å²) in [6.45, 7) is 9.82. The highest BCUT2D eigenvalue weighted by atomic mass is 16.2. The van der Waals surface area contributed by atoms with E-state index in [-0.39, 0.29) is 17.7 Å². The zero-order chi connectivity index (χ0) is 17.2. The topological polar surface area (TPSA) is 61.4 Å². The Morgan fingerprint density at radius 2 is 1.83 bits per heavy atom. The molecular weight excluding hydrogens is 290 g/mol. The SMILES string of the molecule is CCN(CCCNC(=O)[C@@H](NC(C)=O)C(C)C)c1ccccc1. The molecule has 0 fully saturated rings. The quantitative estimate of drug-likeness (QED) is 0.686. The van der Waals surface area contributed by atoms with Crippen molar-refractivity contribution in [3.8, 4) is 0 Å². The maximum Gasteiger partial charge on any atom is 0.242 e. The Hall–Kier alpha value is -2.04. The Morgan fingerprint density at radius 1 is 1.17 bits per heavy atom. The highest BCUT2D eigenvalue weighted by Gasteiger charge is 2.22. The van der Waals surface area contributed by atoms with Crippen LogP contribution >= 0.6 is 0 Å². The third kappa shape index (κ3) is 6.72. The number of anilines is 1. The second-order valence-corrected chi connectivity index (χ2v) is 5.98. The predicted molar refractivity (Wildman–Crippen MR) is 94.4 cm³/mol. The van der Waals surface area contributed by atoms with Gasteiger partial charge in [-0.15, -0.1) is 0 Å². The first-order chi connectivity index (χ1) is 11.0. The molecule has 1 aromatic rings. The number of nitrogens with one attached hydrogen (secondary N) is 2. The zero-order valence-electron chi connectivity index (χ0n) is 14.6. The first-order valence-electron chi connectivity index (χ1n) is 8.30. The molecule has 0 spiro atoms. The summed E-state index contributed by atoms with van der Waals surface area (Å²) >= 11 is 0. The number of rotatable bonds is 9. The van der Waals surface area contributed by atoms with Gasteiger partial charge in [0.25, 0.3) is 0 Å². The van der Waals surface area contributed by atoms with Gasteiger partial charge in [0.2, 0.25) is 11.8 Å². The van der Waals surface area contributed by atoms with Gasteiger partial charge in [0.15, 0.2) is 0 Å². The molecule has 0 unspecified atom stereocenters. The highest BCUT2D eigenvalue weighted by molar-refractivity contribution is 5.86. The van der Waals surface area contributed by atoms with E-state index in [1.165, 1.54) is 12.6 Å². The van der Waals surface area contributed by atoms with Crippen molar-refractivity contribution in [2.75, 3.05) is 24.5 Å². The largest absolute Gasteiger partial charge is 0.372 e. The fourth-order valence-electron chi connectivity index (χ4n) is 2.45. The van der Waals surface area contributed by atoms with Crippen molar-refractivity contribution >= 4 is 17.5 Å². The van der Waals surface area contributed by atoms with Crippen molar-refractivity contribution in [2.45, 2.75) is 40.2 Å². The first-order valence-corrected chi connectivity index (χ1v) is 8.30. The summed E-state index contributed by atoms with van der Waals surface area (Å²) in [4.78, 5) is 25.6. The van der Waals surface area contributed by atoms with Gasteiger partial charge in [-0.1, -0.05) is 32.0 Å². The monoisotopic (exact) mass is 319 g/mol. The summed E-state index contributed by atoms with van der Waals surface area (Å²) in [6, 6.07) is 9.78. The Labute approximate surface area is 139 Å². The zero-order valence-corrected chi connectivity index (χ0v) is 14.6. The molecule has 1 rings (SSSR count). The Morgan fingerprint density at radius 3 is 2.35 bits per heavy atom. The molecule has 2 N–H and O–H groups in total. The van der Waals surface area contributed by atoms with Crippen molar-refractivity contribution in [3.05, 3.63) is 30.3 Å². The van der Waals surface area contributed by atoms with Gasteiger partial charge < -0.3 is 15.5 Å². The molecule has 0 saturated heterocycles. The Kier molecular flexibility index (Phi) is 8.16. The van der Waals surface area contributed by atoms with Gasteiger partial charge in [0.05, 0.1) is 0 Å². The lowest BCUT2D eigenvalue weighted by molar-refractivity contribution is -0.129. The molecule has 1 aromatic carbocycles. The minimum absolute atomic E-state index is 0.0651. The van der Waals surface area contributed by atoms with Gasteiger partial charge >= 0.3 is 0 Å². The Bertz CT molecular complexity index is 488. The van der Waals surface area contributed by atoms with E-state index in [2.05, 4.69) is 34.6 Å². The van der Waals surface area contributed by atoms with Crippen LogP contribution in [-0.4, -0.2) is 37.5 Å². The summed E-state index contributed by atoms with van der Waals surface area (Å²) < 4.78 is 0. The van der Waals surface area contributed by atoms with Gasteiger partial charge in [0, 0.05) is 32.2 Å².